The molecule has 0 aliphatic carbocycles. The maximum atomic E-state index is 12.3. The Kier molecular flexibility index (Phi) is 2.34. The average molecular weight is 123 g/mol. The molecule has 0 aromatic heterocycles. The molecule has 0 aliphatic rings. The van der Waals surface area contributed by atoms with Crippen molar-refractivity contribution in [3.8, 4) is 0 Å². The van der Waals surface area contributed by atoms with Crippen molar-refractivity contribution in [3.05, 3.63) is 0 Å². The second-order valence-corrected chi connectivity index (χ2v) is 2.27. The van der Waals surface area contributed by atoms with Crippen LogP contribution in [0.1, 0.15) is 13.8 Å². The third-order valence-electron chi connectivity index (χ3n) is 0.952. The Hall–Kier alpha value is -0.180. The van der Waals surface area contributed by atoms with Crippen LogP contribution < -0.4 is 5.73 Å². The number of nitrogens with two attached hydrogens (primary N) is 1. The topological polar surface area (TPSA) is 26.0 Å². The predicted molar refractivity (Wildman–Crippen MR) is 29.1 cm³/mol. The molecule has 0 saturated heterocycles. The fourth-order valence-electron chi connectivity index (χ4n) is 0.280. The second-order valence-electron chi connectivity index (χ2n) is 2.27. The van der Waals surface area contributed by atoms with E-state index < -0.39 is 11.8 Å². The Bertz CT molecular complexity index is 67.3. The molecule has 0 rings (SSSR count). The standard InChI is InChI=1S/C5H11F2N/c1-5(2,7)4(6)3-8/h4H,3,8H2,1-2H3. The molecular formula is C5H11F2N. The number of alkyl halides is 2. The van der Waals surface area contributed by atoms with Crippen LogP contribution in [-0.4, -0.2) is 18.4 Å². The molecule has 0 aliphatic heterocycles. The molecule has 1 atom stereocenters. The van der Waals surface area contributed by atoms with Gasteiger partial charge in [-0.3, -0.25) is 0 Å². The fraction of sp³-hybridized carbons (Fsp3) is 1.00. The van der Waals surface area contributed by atoms with Gasteiger partial charge in [0, 0.05) is 6.54 Å². The Balaban J connectivity index is 3.62. The van der Waals surface area contributed by atoms with E-state index in [0.717, 1.165) is 0 Å². The second kappa shape index (κ2) is 2.40. The lowest BCUT2D eigenvalue weighted by Crippen LogP contribution is -2.33. The largest absolute Gasteiger partial charge is 0.328 e. The third-order valence-corrected chi connectivity index (χ3v) is 0.952. The summed E-state index contributed by atoms with van der Waals surface area (Å²) in [6.07, 6.45) is -1.54. The van der Waals surface area contributed by atoms with E-state index in [2.05, 4.69) is 0 Å². The van der Waals surface area contributed by atoms with Crippen molar-refractivity contribution in [1.29, 1.82) is 0 Å². The van der Waals surface area contributed by atoms with Crippen LogP contribution in [0.3, 0.4) is 0 Å². The average Bonchev–Trinajstić information content (AvgIpc) is 1.62. The molecule has 1 nitrogen and oxygen atoms in total. The van der Waals surface area contributed by atoms with Gasteiger partial charge >= 0.3 is 0 Å². The minimum atomic E-state index is -1.78. The van der Waals surface area contributed by atoms with Crippen molar-refractivity contribution in [2.45, 2.75) is 25.7 Å². The van der Waals surface area contributed by atoms with Crippen molar-refractivity contribution in [3.63, 3.8) is 0 Å². The lowest BCUT2D eigenvalue weighted by atomic mass is 10.1. The SMILES string of the molecule is CC(C)(F)C(F)CN. The summed E-state index contributed by atoms with van der Waals surface area (Å²) < 4.78 is 24.5. The van der Waals surface area contributed by atoms with Crippen LogP contribution in [0, 0.1) is 0 Å². The van der Waals surface area contributed by atoms with Crippen molar-refractivity contribution >= 4 is 0 Å². The van der Waals surface area contributed by atoms with Gasteiger partial charge in [0.05, 0.1) is 0 Å². The molecule has 0 aromatic rings. The van der Waals surface area contributed by atoms with E-state index in [1.165, 1.54) is 13.8 Å². The zero-order chi connectivity index (χ0) is 6.78. The number of halogens is 2. The Labute approximate surface area is 47.9 Å². The normalized spacial score (nSPS) is 16.1. The van der Waals surface area contributed by atoms with Gasteiger partial charge in [-0.2, -0.15) is 0 Å². The molecule has 0 amide bonds. The van der Waals surface area contributed by atoms with Crippen LogP contribution in [0.15, 0.2) is 0 Å². The summed E-state index contributed by atoms with van der Waals surface area (Å²) in [5, 5.41) is 0. The Morgan fingerprint density at radius 1 is 1.62 bits per heavy atom. The molecule has 0 fully saturated rings. The van der Waals surface area contributed by atoms with Crippen LogP contribution >= 0.6 is 0 Å². The zero-order valence-electron chi connectivity index (χ0n) is 5.12. The molecule has 8 heavy (non-hydrogen) atoms. The maximum Gasteiger partial charge on any atom is 0.145 e. The summed E-state index contributed by atoms with van der Waals surface area (Å²) >= 11 is 0. The summed E-state index contributed by atoms with van der Waals surface area (Å²) in [6.45, 7) is 2.10. The van der Waals surface area contributed by atoms with Crippen LogP contribution in [-0.2, 0) is 0 Å². The molecule has 0 saturated carbocycles. The Morgan fingerprint density at radius 3 is 2.00 bits per heavy atom. The van der Waals surface area contributed by atoms with Gasteiger partial charge in [0.1, 0.15) is 11.8 Å². The van der Waals surface area contributed by atoms with Crippen molar-refractivity contribution in [2.75, 3.05) is 6.54 Å². The summed E-state index contributed by atoms with van der Waals surface area (Å²) in [6, 6.07) is 0. The van der Waals surface area contributed by atoms with Crippen molar-refractivity contribution in [2.24, 2.45) is 5.73 Å². The van der Waals surface area contributed by atoms with E-state index in [4.69, 9.17) is 5.73 Å². The van der Waals surface area contributed by atoms with Gasteiger partial charge in [0.25, 0.3) is 0 Å². The van der Waals surface area contributed by atoms with E-state index >= 15 is 0 Å². The van der Waals surface area contributed by atoms with E-state index in [1.807, 2.05) is 0 Å². The van der Waals surface area contributed by atoms with Gasteiger partial charge in [-0.25, -0.2) is 8.78 Å². The van der Waals surface area contributed by atoms with E-state index in [0.29, 0.717) is 0 Å². The van der Waals surface area contributed by atoms with Gasteiger partial charge in [0.2, 0.25) is 0 Å². The number of hydrogen-bond acceptors (Lipinski definition) is 1. The number of hydrogen-bond donors (Lipinski definition) is 1. The summed E-state index contributed by atoms with van der Waals surface area (Å²) in [7, 11) is 0. The lowest BCUT2D eigenvalue weighted by molar-refractivity contribution is 0.0910. The minimum absolute atomic E-state index is 0.247. The van der Waals surface area contributed by atoms with E-state index in [9.17, 15) is 8.78 Å². The van der Waals surface area contributed by atoms with Gasteiger partial charge in [-0.1, -0.05) is 0 Å². The van der Waals surface area contributed by atoms with Crippen molar-refractivity contribution < 1.29 is 8.78 Å². The first kappa shape index (κ1) is 7.82. The maximum absolute atomic E-state index is 12.3. The molecule has 0 radical (unpaired) electrons. The van der Waals surface area contributed by atoms with Crippen LogP contribution in [0.2, 0.25) is 0 Å². The van der Waals surface area contributed by atoms with Gasteiger partial charge in [0.15, 0.2) is 0 Å². The highest BCUT2D eigenvalue weighted by Crippen LogP contribution is 2.15. The van der Waals surface area contributed by atoms with E-state index in [-0.39, 0.29) is 6.54 Å². The monoisotopic (exact) mass is 123 g/mol. The molecule has 2 N–H and O–H groups in total. The van der Waals surface area contributed by atoms with Crippen LogP contribution in [0.5, 0.6) is 0 Å². The first-order valence-corrected chi connectivity index (χ1v) is 2.51. The lowest BCUT2D eigenvalue weighted by Gasteiger charge is -2.16. The van der Waals surface area contributed by atoms with Gasteiger partial charge in [-0.05, 0) is 13.8 Å². The highest BCUT2D eigenvalue weighted by Gasteiger charge is 2.26. The first-order chi connectivity index (χ1) is 3.48. The van der Waals surface area contributed by atoms with E-state index in [1.54, 1.807) is 0 Å². The van der Waals surface area contributed by atoms with Crippen LogP contribution in [0.25, 0.3) is 0 Å². The highest BCUT2D eigenvalue weighted by atomic mass is 19.2. The molecule has 3 heteroatoms. The molecule has 50 valence electrons. The van der Waals surface area contributed by atoms with Gasteiger partial charge < -0.3 is 5.73 Å². The highest BCUT2D eigenvalue weighted by molar-refractivity contribution is 4.77. The molecule has 0 heterocycles. The molecule has 0 bridgehead atoms. The van der Waals surface area contributed by atoms with Crippen molar-refractivity contribution in [1.82, 2.24) is 0 Å². The third kappa shape index (κ3) is 2.21. The smallest absolute Gasteiger partial charge is 0.145 e. The molecule has 0 spiro atoms. The minimum Gasteiger partial charge on any atom is -0.328 e. The predicted octanol–water partition coefficient (Wildman–Crippen LogP) is 1.03. The molecular weight excluding hydrogens is 112 g/mol. The quantitative estimate of drug-likeness (QED) is 0.583. The zero-order valence-corrected chi connectivity index (χ0v) is 5.12. The molecule has 0 aromatic carbocycles. The van der Waals surface area contributed by atoms with Crippen LogP contribution in [0.4, 0.5) is 8.78 Å². The molecule has 1 unspecified atom stereocenters. The summed E-state index contributed by atoms with van der Waals surface area (Å²) in [5.41, 5.74) is 3.06. The Morgan fingerprint density at radius 2 is 2.00 bits per heavy atom. The number of rotatable bonds is 2. The first-order valence-electron chi connectivity index (χ1n) is 2.51. The summed E-state index contributed by atoms with van der Waals surface area (Å²) in [4.78, 5) is 0. The van der Waals surface area contributed by atoms with Gasteiger partial charge in [-0.15, -0.1) is 0 Å². The fourth-order valence-corrected chi connectivity index (χ4v) is 0.280. The summed E-state index contributed by atoms with van der Waals surface area (Å²) in [5.74, 6) is 0.